The third kappa shape index (κ3) is 3.07. The highest BCUT2D eigenvalue weighted by atomic mass is 32.2. The maximum Gasteiger partial charge on any atom is 0.191 e. The van der Waals surface area contributed by atoms with E-state index in [1.165, 1.54) is 27.9 Å². The Balaban J connectivity index is 1.66. The summed E-state index contributed by atoms with van der Waals surface area (Å²) in [5.74, 6) is 1.23. The zero-order valence-electron chi connectivity index (χ0n) is 13.6. The van der Waals surface area contributed by atoms with Crippen LogP contribution < -0.4 is 0 Å². The van der Waals surface area contributed by atoms with Crippen LogP contribution in [0.4, 0.5) is 4.39 Å². The molecule has 0 aliphatic heterocycles. The van der Waals surface area contributed by atoms with Crippen molar-refractivity contribution in [1.82, 2.24) is 14.8 Å². The summed E-state index contributed by atoms with van der Waals surface area (Å²) in [6.07, 6.45) is 0. The minimum Gasteiger partial charge on any atom is -0.302 e. The zero-order chi connectivity index (χ0) is 17.2. The van der Waals surface area contributed by atoms with Crippen LogP contribution in [-0.4, -0.2) is 14.8 Å². The Labute approximate surface area is 153 Å². The van der Waals surface area contributed by atoms with Crippen molar-refractivity contribution in [3.8, 4) is 11.4 Å². The molecule has 0 saturated heterocycles. The predicted molar refractivity (Wildman–Crippen MR) is 102 cm³/mol. The van der Waals surface area contributed by atoms with Gasteiger partial charge in [-0.3, -0.25) is 0 Å². The summed E-state index contributed by atoms with van der Waals surface area (Å²) in [4.78, 5) is 0. The summed E-state index contributed by atoms with van der Waals surface area (Å²) < 4.78 is 17.2. The fourth-order valence-electron chi connectivity index (χ4n) is 2.79. The van der Waals surface area contributed by atoms with E-state index >= 15 is 0 Å². The molecule has 0 saturated carbocycles. The molecule has 0 bridgehead atoms. The van der Waals surface area contributed by atoms with Gasteiger partial charge in [-0.15, -0.1) is 21.5 Å². The first-order valence-corrected chi connectivity index (χ1v) is 9.90. The lowest BCUT2D eigenvalue weighted by Gasteiger charge is -2.07. The Morgan fingerprint density at radius 1 is 1.08 bits per heavy atom. The maximum absolute atomic E-state index is 13.8. The van der Waals surface area contributed by atoms with Gasteiger partial charge in [0, 0.05) is 33.3 Å². The van der Waals surface area contributed by atoms with Crippen LogP contribution in [0.1, 0.15) is 12.5 Å². The number of thiophene rings is 1. The van der Waals surface area contributed by atoms with E-state index in [9.17, 15) is 4.39 Å². The molecule has 0 radical (unpaired) electrons. The number of hydrogen-bond donors (Lipinski definition) is 0. The van der Waals surface area contributed by atoms with E-state index in [0.717, 1.165) is 23.1 Å². The van der Waals surface area contributed by atoms with Crippen molar-refractivity contribution in [2.75, 3.05) is 0 Å². The molecular formula is C19H16FN3S2. The lowest BCUT2D eigenvalue weighted by molar-refractivity contribution is 0.617. The SMILES string of the molecule is CCn1c(SCc2ccccc2F)nnc1-c1csc2ccccc12. The van der Waals surface area contributed by atoms with Crippen molar-refractivity contribution in [3.63, 3.8) is 0 Å². The van der Waals surface area contributed by atoms with Crippen LogP contribution >= 0.6 is 23.1 Å². The molecule has 0 N–H and O–H groups in total. The Hall–Kier alpha value is -2.18. The first-order valence-electron chi connectivity index (χ1n) is 8.04. The van der Waals surface area contributed by atoms with E-state index < -0.39 is 0 Å². The molecule has 25 heavy (non-hydrogen) atoms. The lowest BCUT2D eigenvalue weighted by Crippen LogP contribution is -1.99. The van der Waals surface area contributed by atoms with Crippen molar-refractivity contribution in [2.45, 2.75) is 24.4 Å². The summed E-state index contributed by atoms with van der Waals surface area (Å²) in [6.45, 7) is 2.85. The topological polar surface area (TPSA) is 30.7 Å². The van der Waals surface area contributed by atoms with E-state index in [0.29, 0.717) is 11.3 Å². The number of nitrogens with zero attached hydrogens (tertiary/aromatic N) is 3. The molecule has 4 rings (SSSR count). The molecule has 0 aliphatic rings. The number of halogens is 1. The van der Waals surface area contributed by atoms with Crippen LogP contribution in [0.5, 0.6) is 0 Å². The van der Waals surface area contributed by atoms with E-state index in [1.807, 2.05) is 24.3 Å². The molecule has 0 fully saturated rings. The van der Waals surface area contributed by atoms with Crippen molar-refractivity contribution >= 4 is 33.2 Å². The monoisotopic (exact) mass is 369 g/mol. The average molecular weight is 369 g/mol. The molecule has 0 aliphatic carbocycles. The Morgan fingerprint density at radius 3 is 2.72 bits per heavy atom. The fraction of sp³-hybridized carbons (Fsp3) is 0.158. The molecule has 2 aromatic carbocycles. The Morgan fingerprint density at radius 2 is 1.88 bits per heavy atom. The standard InChI is InChI=1S/C19H16FN3S2/c1-2-23-18(15-12-24-17-10-6-4-8-14(15)17)21-22-19(23)25-11-13-7-3-5-9-16(13)20/h3-10,12H,2,11H2,1H3. The third-order valence-electron chi connectivity index (χ3n) is 4.07. The summed E-state index contributed by atoms with van der Waals surface area (Å²) in [5, 5.41) is 12.9. The normalized spacial score (nSPS) is 11.3. The van der Waals surface area contributed by atoms with Crippen molar-refractivity contribution < 1.29 is 4.39 Å². The maximum atomic E-state index is 13.8. The van der Waals surface area contributed by atoms with Gasteiger partial charge < -0.3 is 4.57 Å². The van der Waals surface area contributed by atoms with Gasteiger partial charge in [0.1, 0.15) is 5.82 Å². The number of aromatic nitrogens is 3. The number of rotatable bonds is 5. The van der Waals surface area contributed by atoms with Crippen molar-refractivity contribution in [3.05, 3.63) is 65.3 Å². The molecule has 0 unspecified atom stereocenters. The number of benzene rings is 2. The lowest BCUT2D eigenvalue weighted by atomic mass is 10.1. The molecule has 2 aromatic heterocycles. The van der Waals surface area contributed by atoms with Gasteiger partial charge in [0.15, 0.2) is 11.0 Å². The van der Waals surface area contributed by atoms with E-state index in [2.05, 4.69) is 39.2 Å². The minimum absolute atomic E-state index is 0.179. The third-order valence-corrected chi connectivity index (χ3v) is 6.05. The van der Waals surface area contributed by atoms with E-state index in [-0.39, 0.29) is 5.82 Å². The second-order valence-corrected chi connectivity index (χ2v) is 7.43. The largest absolute Gasteiger partial charge is 0.302 e. The Bertz CT molecular complexity index is 1020. The van der Waals surface area contributed by atoms with Gasteiger partial charge in [0.05, 0.1) is 0 Å². The molecule has 126 valence electrons. The smallest absolute Gasteiger partial charge is 0.191 e. The fourth-order valence-corrected chi connectivity index (χ4v) is 4.72. The van der Waals surface area contributed by atoms with Crippen molar-refractivity contribution in [1.29, 1.82) is 0 Å². The van der Waals surface area contributed by atoms with Crippen LogP contribution in [0.3, 0.4) is 0 Å². The second kappa shape index (κ2) is 6.98. The van der Waals surface area contributed by atoms with Crippen molar-refractivity contribution in [2.24, 2.45) is 0 Å². The van der Waals surface area contributed by atoms with E-state index in [4.69, 9.17) is 0 Å². The molecule has 3 nitrogen and oxygen atoms in total. The van der Waals surface area contributed by atoms with Gasteiger partial charge in [0.2, 0.25) is 0 Å². The number of hydrogen-bond acceptors (Lipinski definition) is 4. The molecule has 4 aromatic rings. The van der Waals surface area contributed by atoms with Gasteiger partial charge in [-0.25, -0.2) is 4.39 Å². The summed E-state index contributed by atoms with van der Waals surface area (Å²) in [7, 11) is 0. The molecule has 0 atom stereocenters. The van der Waals surface area contributed by atoms with Gasteiger partial charge in [-0.1, -0.05) is 48.2 Å². The molecule has 2 heterocycles. The molecule has 6 heteroatoms. The van der Waals surface area contributed by atoms with Gasteiger partial charge in [-0.05, 0) is 24.6 Å². The van der Waals surface area contributed by atoms with Gasteiger partial charge in [-0.2, -0.15) is 0 Å². The van der Waals surface area contributed by atoms with Crippen LogP contribution in [0.2, 0.25) is 0 Å². The second-order valence-electron chi connectivity index (χ2n) is 5.58. The quantitative estimate of drug-likeness (QED) is 0.428. The molecule has 0 spiro atoms. The van der Waals surface area contributed by atoms with Crippen LogP contribution in [0.25, 0.3) is 21.5 Å². The number of thioether (sulfide) groups is 1. The summed E-state index contributed by atoms with van der Waals surface area (Å²) in [6, 6.07) is 15.2. The highest BCUT2D eigenvalue weighted by molar-refractivity contribution is 7.98. The number of fused-ring (bicyclic) bond motifs is 1. The van der Waals surface area contributed by atoms with Crippen LogP contribution in [-0.2, 0) is 12.3 Å². The first kappa shape index (κ1) is 16.3. The highest BCUT2D eigenvalue weighted by Gasteiger charge is 2.16. The van der Waals surface area contributed by atoms with E-state index in [1.54, 1.807) is 17.4 Å². The first-order chi connectivity index (χ1) is 12.3. The average Bonchev–Trinajstić information content (AvgIpc) is 3.24. The minimum atomic E-state index is -0.179. The van der Waals surface area contributed by atoms with Crippen LogP contribution in [0.15, 0.2) is 59.1 Å². The van der Waals surface area contributed by atoms with Gasteiger partial charge >= 0.3 is 0 Å². The molecule has 0 amide bonds. The Kier molecular flexibility index (Phi) is 4.55. The summed E-state index contributed by atoms with van der Waals surface area (Å²) in [5.41, 5.74) is 1.79. The molecular weight excluding hydrogens is 353 g/mol. The zero-order valence-corrected chi connectivity index (χ0v) is 15.3. The summed E-state index contributed by atoms with van der Waals surface area (Å²) >= 11 is 3.23. The van der Waals surface area contributed by atoms with Crippen LogP contribution in [0, 0.1) is 5.82 Å². The van der Waals surface area contributed by atoms with Gasteiger partial charge in [0.25, 0.3) is 0 Å². The predicted octanol–water partition coefficient (Wildman–Crippen LogP) is 5.61. The highest BCUT2D eigenvalue weighted by Crippen LogP contribution is 2.34.